The van der Waals surface area contributed by atoms with E-state index in [2.05, 4.69) is 32.9 Å². The number of hydrogen-bond acceptors (Lipinski definition) is 4. The van der Waals surface area contributed by atoms with Crippen molar-refractivity contribution in [2.75, 3.05) is 19.6 Å². The van der Waals surface area contributed by atoms with Gasteiger partial charge >= 0.3 is 0 Å². The summed E-state index contributed by atoms with van der Waals surface area (Å²) >= 11 is 0. The Morgan fingerprint density at radius 2 is 1.79 bits per heavy atom. The van der Waals surface area contributed by atoms with E-state index in [0.717, 1.165) is 24.3 Å². The van der Waals surface area contributed by atoms with Gasteiger partial charge in [0.1, 0.15) is 0 Å². The molecule has 2 bridgehead atoms. The number of guanidine groups is 1. The molecule has 2 aliphatic carbocycles. The zero-order chi connectivity index (χ0) is 22.8. The fourth-order valence-corrected chi connectivity index (χ4v) is 5.30. The molecule has 33 heavy (non-hydrogen) atoms. The van der Waals surface area contributed by atoms with Crippen LogP contribution in [0.1, 0.15) is 25.5 Å². The van der Waals surface area contributed by atoms with Gasteiger partial charge in [-0.05, 0) is 49.8 Å². The molecule has 2 heterocycles. The summed E-state index contributed by atoms with van der Waals surface area (Å²) in [4.78, 5) is 31.7. The molecule has 1 aromatic heterocycles. The third-order valence-corrected chi connectivity index (χ3v) is 6.82. The zero-order valence-electron chi connectivity index (χ0n) is 18.9. The third-order valence-electron chi connectivity index (χ3n) is 6.82. The number of likely N-dealkylation sites (tertiary alicyclic amines) is 1. The van der Waals surface area contributed by atoms with E-state index in [-0.39, 0.29) is 35.5 Å². The summed E-state index contributed by atoms with van der Waals surface area (Å²) in [6.45, 7) is 4.30. The van der Waals surface area contributed by atoms with Crippen LogP contribution in [0.5, 0.6) is 0 Å². The number of carbonyl (C=O) groups excluding carboxylic acids is 2. The van der Waals surface area contributed by atoms with Crippen LogP contribution in [-0.2, 0) is 16.1 Å². The molecule has 1 saturated heterocycles. The average molecular weight is 447 g/mol. The maximum atomic E-state index is 12.8. The van der Waals surface area contributed by atoms with Crippen molar-refractivity contribution in [2.24, 2.45) is 28.7 Å². The Bertz CT molecular complexity index is 1050. The lowest BCUT2D eigenvalue weighted by Crippen LogP contribution is -2.40. The summed E-state index contributed by atoms with van der Waals surface area (Å²) in [6.07, 6.45) is 7.84. The Kier molecular flexibility index (Phi) is 5.98. The molecule has 1 aliphatic heterocycles. The van der Waals surface area contributed by atoms with Crippen LogP contribution in [0.3, 0.4) is 0 Å². The number of nitrogens with zero attached hydrogens (tertiary/aromatic N) is 4. The van der Waals surface area contributed by atoms with Gasteiger partial charge in [-0.1, -0.05) is 30.4 Å². The molecule has 172 valence electrons. The number of hydrogen-bond donors (Lipinski definition) is 2. The van der Waals surface area contributed by atoms with Gasteiger partial charge in [-0.15, -0.1) is 0 Å². The number of rotatable bonds is 8. The molecular formula is C25H30N6O2. The van der Waals surface area contributed by atoms with E-state index in [1.165, 1.54) is 4.90 Å². The second-order valence-corrected chi connectivity index (χ2v) is 8.89. The minimum atomic E-state index is -0.116. The topological polar surface area (TPSA) is 91.6 Å². The standard InChI is InChI=1S/C25H30N6O2/c1-2-26-25(28-16-19-11-14-31(29-19)20-7-4-3-5-8-20)27-12-6-13-30-23(32)21-17-9-10-18(15-17)22(21)24(30)33/h3-5,7-11,14,17-18,21-22H,2,6,12-13,15-16H2,1H3,(H2,26,27,28). The number of aliphatic imine (C=N–C) groups is 1. The van der Waals surface area contributed by atoms with Gasteiger partial charge in [0.15, 0.2) is 5.96 Å². The predicted molar refractivity (Wildman–Crippen MR) is 125 cm³/mol. The van der Waals surface area contributed by atoms with Crippen LogP contribution in [0.15, 0.2) is 59.7 Å². The van der Waals surface area contributed by atoms with Crippen molar-refractivity contribution in [3.8, 4) is 5.69 Å². The molecule has 0 radical (unpaired) electrons. The molecule has 8 nitrogen and oxygen atoms in total. The maximum absolute atomic E-state index is 12.8. The molecule has 2 N–H and O–H groups in total. The molecule has 2 amide bonds. The first kappa shape index (κ1) is 21.4. The Balaban J connectivity index is 1.12. The van der Waals surface area contributed by atoms with Crippen LogP contribution in [-0.4, -0.2) is 52.1 Å². The molecule has 5 rings (SSSR count). The van der Waals surface area contributed by atoms with E-state index < -0.39 is 0 Å². The lowest BCUT2D eigenvalue weighted by atomic mass is 9.85. The van der Waals surface area contributed by atoms with Gasteiger partial charge in [0.25, 0.3) is 0 Å². The highest BCUT2D eigenvalue weighted by Gasteiger charge is 2.58. The van der Waals surface area contributed by atoms with Crippen LogP contribution in [0, 0.1) is 23.7 Å². The second-order valence-electron chi connectivity index (χ2n) is 8.89. The predicted octanol–water partition coefficient (Wildman–Crippen LogP) is 2.12. The number of allylic oxidation sites excluding steroid dienone is 2. The minimum Gasteiger partial charge on any atom is -0.357 e. The van der Waals surface area contributed by atoms with E-state index in [1.807, 2.05) is 54.2 Å². The van der Waals surface area contributed by atoms with Crippen LogP contribution >= 0.6 is 0 Å². The number of benzene rings is 1. The van der Waals surface area contributed by atoms with Crippen molar-refractivity contribution in [2.45, 2.75) is 26.3 Å². The fraction of sp³-hybridized carbons (Fsp3) is 0.440. The average Bonchev–Trinajstić information content (AvgIpc) is 3.61. The Labute approximate surface area is 193 Å². The SMILES string of the molecule is CCNC(=NCc1ccn(-c2ccccc2)n1)NCCCN1C(=O)C2C3C=CC(C3)C2C1=O. The van der Waals surface area contributed by atoms with E-state index in [9.17, 15) is 9.59 Å². The third kappa shape index (κ3) is 4.17. The highest BCUT2D eigenvalue weighted by Crippen LogP contribution is 2.52. The molecule has 8 heteroatoms. The minimum absolute atomic E-state index is 0.0245. The first-order valence-electron chi connectivity index (χ1n) is 11.8. The van der Waals surface area contributed by atoms with Crippen LogP contribution in [0.2, 0.25) is 0 Å². The van der Waals surface area contributed by atoms with Gasteiger partial charge in [0.05, 0.1) is 29.8 Å². The van der Waals surface area contributed by atoms with E-state index in [0.29, 0.717) is 32.0 Å². The van der Waals surface area contributed by atoms with Gasteiger partial charge in [-0.3, -0.25) is 14.5 Å². The lowest BCUT2D eigenvalue weighted by Gasteiger charge is -2.18. The number of para-hydroxylation sites is 1. The first-order chi connectivity index (χ1) is 16.2. The molecule has 1 aromatic carbocycles. The molecule has 3 aliphatic rings. The molecule has 2 aromatic rings. The summed E-state index contributed by atoms with van der Waals surface area (Å²) in [6, 6.07) is 11.9. The van der Waals surface area contributed by atoms with Crippen molar-refractivity contribution < 1.29 is 9.59 Å². The number of fused-ring (bicyclic) bond motifs is 5. The summed E-state index contributed by atoms with van der Waals surface area (Å²) < 4.78 is 1.84. The molecule has 4 atom stereocenters. The maximum Gasteiger partial charge on any atom is 0.233 e. The van der Waals surface area contributed by atoms with Crippen molar-refractivity contribution in [3.63, 3.8) is 0 Å². The Morgan fingerprint density at radius 1 is 1.06 bits per heavy atom. The number of nitrogens with one attached hydrogen (secondary N) is 2. The van der Waals surface area contributed by atoms with Gasteiger partial charge in [-0.25, -0.2) is 9.67 Å². The smallest absolute Gasteiger partial charge is 0.233 e. The van der Waals surface area contributed by atoms with Gasteiger partial charge in [0.2, 0.25) is 11.8 Å². The highest BCUT2D eigenvalue weighted by atomic mass is 16.2. The first-order valence-corrected chi connectivity index (χ1v) is 11.8. The normalized spacial score (nSPS) is 25.7. The monoisotopic (exact) mass is 446 g/mol. The molecule has 0 spiro atoms. The Hall–Kier alpha value is -3.42. The van der Waals surface area contributed by atoms with Gasteiger partial charge < -0.3 is 10.6 Å². The van der Waals surface area contributed by atoms with Crippen molar-refractivity contribution >= 4 is 17.8 Å². The molecule has 2 fully saturated rings. The molecular weight excluding hydrogens is 416 g/mol. The second kappa shape index (κ2) is 9.21. The number of amides is 2. The quantitative estimate of drug-likeness (QED) is 0.213. The van der Waals surface area contributed by atoms with E-state index in [4.69, 9.17) is 0 Å². The fourth-order valence-electron chi connectivity index (χ4n) is 5.30. The summed E-state index contributed by atoms with van der Waals surface area (Å²) in [7, 11) is 0. The number of imide groups is 1. The van der Waals surface area contributed by atoms with E-state index >= 15 is 0 Å². The zero-order valence-corrected chi connectivity index (χ0v) is 18.9. The number of carbonyl (C=O) groups is 2. The highest BCUT2D eigenvalue weighted by molar-refractivity contribution is 6.06. The van der Waals surface area contributed by atoms with Crippen molar-refractivity contribution in [1.29, 1.82) is 0 Å². The van der Waals surface area contributed by atoms with Gasteiger partial charge in [0, 0.05) is 25.8 Å². The molecule has 1 saturated carbocycles. The summed E-state index contributed by atoms with van der Waals surface area (Å²) in [5.41, 5.74) is 1.88. The van der Waals surface area contributed by atoms with Gasteiger partial charge in [-0.2, -0.15) is 5.10 Å². The van der Waals surface area contributed by atoms with Crippen molar-refractivity contribution in [1.82, 2.24) is 25.3 Å². The number of aromatic nitrogens is 2. The van der Waals surface area contributed by atoms with Crippen LogP contribution in [0.25, 0.3) is 5.69 Å². The lowest BCUT2D eigenvalue weighted by molar-refractivity contribution is -0.140. The van der Waals surface area contributed by atoms with Crippen LogP contribution < -0.4 is 10.6 Å². The molecule has 4 unspecified atom stereocenters. The largest absolute Gasteiger partial charge is 0.357 e. The summed E-state index contributed by atoms with van der Waals surface area (Å²) in [5.74, 6) is 1.04. The van der Waals surface area contributed by atoms with E-state index in [1.54, 1.807) is 0 Å². The Morgan fingerprint density at radius 3 is 2.48 bits per heavy atom. The van der Waals surface area contributed by atoms with Crippen LogP contribution in [0.4, 0.5) is 0 Å². The summed E-state index contributed by atoms with van der Waals surface area (Å²) in [5, 5.41) is 11.1. The van der Waals surface area contributed by atoms with Crippen molar-refractivity contribution in [3.05, 3.63) is 60.4 Å².